The molecule has 0 heterocycles. The van der Waals surface area contributed by atoms with Crippen LogP contribution in [0.4, 0.5) is 13.2 Å². The van der Waals surface area contributed by atoms with Gasteiger partial charge in [0, 0.05) is 19.0 Å². The minimum absolute atomic E-state index is 0.0626. The summed E-state index contributed by atoms with van der Waals surface area (Å²) in [4.78, 5) is 11.6. The highest BCUT2D eigenvalue weighted by Gasteiger charge is 2.31. The van der Waals surface area contributed by atoms with Crippen LogP contribution in [0.25, 0.3) is 0 Å². The molecule has 1 fully saturated rings. The van der Waals surface area contributed by atoms with Gasteiger partial charge in [0.2, 0.25) is 5.91 Å². The van der Waals surface area contributed by atoms with Gasteiger partial charge in [-0.15, -0.1) is 0 Å². The van der Waals surface area contributed by atoms with E-state index < -0.39 is 18.9 Å². The molecule has 20 heavy (non-hydrogen) atoms. The molecule has 4 nitrogen and oxygen atoms in total. The summed E-state index contributed by atoms with van der Waals surface area (Å²) in [6, 6.07) is -0.0730. The van der Waals surface area contributed by atoms with E-state index in [1.54, 1.807) is 0 Å². The number of rotatable bonds is 7. The van der Waals surface area contributed by atoms with Crippen LogP contribution in [0.1, 0.15) is 39.0 Å². The van der Waals surface area contributed by atoms with Crippen molar-refractivity contribution in [3.63, 3.8) is 0 Å². The maximum atomic E-state index is 12.1. The molecule has 1 amide bonds. The fraction of sp³-hybridized carbons (Fsp3) is 0.923. The highest BCUT2D eigenvalue weighted by molar-refractivity contribution is 5.76. The maximum absolute atomic E-state index is 12.1. The van der Waals surface area contributed by atoms with E-state index >= 15 is 0 Å². The van der Waals surface area contributed by atoms with Crippen molar-refractivity contribution in [2.45, 2.75) is 57.3 Å². The van der Waals surface area contributed by atoms with Crippen LogP contribution in [-0.2, 0) is 9.53 Å². The molecule has 0 aromatic heterocycles. The SMILES string of the molecule is CCNCCC(=O)NC1CCCC(OCC(F)(F)F)C1. The first-order valence-electron chi connectivity index (χ1n) is 7.09. The monoisotopic (exact) mass is 296 g/mol. The number of ether oxygens (including phenoxy) is 1. The van der Waals surface area contributed by atoms with E-state index in [4.69, 9.17) is 4.74 Å². The molecule has 118 valence electrons. The normalized spacial score (nSPS) is 23.6. The standard InChI is InChI=1S/C13H23F3N2O2/c1-2-17-7-6-12(19)18-10-4-3-5-11(8-10)20-9-13(14,15)16/h10-11,17H,2-9H2,1H3,(H,18,19). The van der Waals surface area contributed by atoms with Gasteiger partial charge in [-0.25, -0.2) is 0 Å². The van der Waals surface area contributed by atoms with Gasteiger partial charge in [0.15, 0.2) is 0 Å². The van der Waals surface area contributed by atoms with Crippen LogP contribution >= 0.6 is 0 Å². The van der Waals surface area contributed by atoms with E-state index in [-0.39, 0.29) is 11.9 Å². The van der Waals surface area contributed by atoms with Crippen molar-refractivity contribution in [1.29, 1.82) is 0 Å². The Balaban J connectivity index is 2.24. The third-order valence-corrected chi connectivity index (χ3v) is 3.25. The second-order valence-electron chi connectivity index (χ2n) is 5.08. The number of halogens is 3. The first kappa shape index (κ1) is 17.2. The molecular formula is C13H23F3N2O2. The third kappa shape index (κ3) is 7.69. The van der Waals surface area contributed by atoms with Gasteiger partial charge in [-0.3, -0.25) is 4.79 Å². The van der Waals surface area contributed by atoms with Crippen molar-refractivity contribution in [3.05, 3.63) is 0 Å². The Labute approximate surface area is 117 Å². The van der Waals surface area contributed by atoms with Crippen LogP contribution in [0, 0.1) is 0 Å². The van der Waals surface area contributed by atoms with Gasteiger partial charge in [0.1, 0.15) is 6.61 Å². The molecule has 7 heteroatoms. The lowest BCUT2D eigenvalue weighted by molar-refractivity contribution is -0.188. The van der Waals surface area contributed by atoms with Crippen LogP contribution in [0.2, 0.25) is 0 Å². The number of nitrogens with one attached hydrogen (secondary N) is 2. The highest BCUT2D eigenvalue weighted by Crippen LogP contribution is 2.24. The Morgan fingerprint density at radius 1 is 1.35 bits per heavy atom. The first-order chi connectivity index (χ1) is 9.40. The number of carbonyl (C=O) groups is 1. The lowest BCUT2D eigenvalue weighted by atomic mass is 9.92. The van der Waals surface area contributed by atoms with Crippen molar-refractivity contribution in [2.24, 2.45) is 0 Å². The number of hydrogen-bond donors (Lipinski definition) is 2. The third-order valence-electron chi connectivity index (χ3n) is 3.25. The minimum Gasteiger partial charge on any atom is -0.369 e. The van der Waals surface area contributed by atoms with Gasteiger partial charge in [-0.05, 0) is 32.2 Å². The smallest absolute Gasteiger partial charge is 0.369 e. The van der Waals surface area contributed by atoms with Crippen molar-refractivity contribution in [1.82, 2.24) is 10.6 Å². The van der Waals surface area contributed by atoms with Gasteiger partial charge < -0.3 is 15.4 Å². The lowest BCUT2D eigenvalue weighted by Gasteiger charge is -2.30. The van der Waals surface area contributed by atoms with E-state index in [9.17, 15) is 18.0 Å². The van der Waals surface area contributed by atoms with Gasteiger partial charge >= 0.3 is 6.18 Å². The summed E-state index contributed by atoms with van der Waals surface area (Å²) in [7, 11) is 0. The zero-order chi connectivity index (χ0) is 15.0. The molecule has 1 aliphatic carbocycles. The molecule has 2 unspecified atom stereocenters. The summed E-state index contributed by atoms with van der Waals surface area (Å²) in [6.07, 6.45) is -1.65. The molecule has 0 aliphatic heterocycles. The van der Waals surface area contributed by atoms with Gasteiger partial charge in [-0.1, -0.05) is 6.92 Å². The Bertz CT molecular complexity index is 298. The van der Waals surface area contributed by atoms with Crippen molar-refractivity contribution in [3.8, 4) is 0 Å². The molecule has 1 rings (SSSR count). The van der Waals surface area contributed by atoms with Crippen molar-refractivity contribution in [2.75, 3.05) is 19.7 Å². The van der Waals surface area contributed by atoms with Crippen LogP contribution in [0.5, 0.6) is 0 Å². The van der Waals surface area contributed by atoms with Crippen LogP contribution in [0.15, 0.2) is 0 Å². The average Bonchev–Trinajstić information content (AvgIpc) is 2.36. The van der Waals surface area contributed by atoms with Crippen LogP contribution in [-0.4, -0.2) is 43.9 Å². The van der Waals surface area contributed by atoms with Gasteiger partial charge in [0.05, 0.1) is 6.10 Å². The summed E-state index contributed by atoms with van der Waals surface area (Å²) in [5, 5.41) is 5.92. The number of alkyl halides is 3. The van der Waals surface area contributed by atoms with Gasteiger partial charge in [-0.2, -0.15) is 13.2 Å². The summed E-state index contributed by atoms with van der Waals surface area (Å²) >= 11 is 0. The summed E-state index contributed by atoms with van der Waals surface area (Å²) in [5.74, 6) is -0.0626. The zero-order valence-electron chi connectivity index (χ0n) is 11.8. The number of carbonyl (C=O) groups excluding carboxylic acids is 1. The molecule has 0 spiro atoms. The molecule has 0 saturated heterocycles. The van der Waals surface area contributed by atoms with E-state index in [0.29, 0.717) is 25.8 Å². The molecule has 0 aromatic rings. The molecule has 0 bridgehead atoms. The molecular weight excluding hydrogens is 273 g/mol. The van der Waals surface area contributed by atoms with Gasteiger partial charge in [0.25, 0.3) is 0 Å². The molecule has 0 radical (unpaired) electrons. The average molecular weight is 296 g/mol. The Kier molecular flexibility index (Phi) is 7.29. The van der Waals surface area contributed by atoms with Crippen molar-refractivity contribution >= 4 is 5.91 Å². The Morgan fingerprint density at radius 3 is 2.75 bits per heavy atom. The fourth-order valence-electron chi connectivity index (χ4n) is 2.32. The zero-order valence-corrected chi connectivity index (χ0v) is 11.8. The van der Waals surface area contributed by atoms with Crippen molar-refractivity contribution < 1.29 is 22.7 Å². The first-order valence-corrected chi connectivity index (χ1v) is 7.09. The molecule has 2 atom stereocenters. The summed E-state index contributed by atoms with van der Waals surface area (Å²) in [6.45, 7) is 2.17. The van der Waals surface area contributed by atoms with E-state index in [1.165, 1.54) is 0 Å². The molecule has 2 N–H and O–H groups in total. The van der Waals surface area contributed by atoms with E-state index in [0.717, 1.165) is 19.4 Å². The molecule has 1 aliphatic rings. The predicted octanol–water partition coefficient (Wildman–Crippen LogP) is 1.99. The molecule has 1 saturated carbocycles. The Hall–Kier alpha value is -0.820. The topological polar surface area (TPSA) is 50.4 Å². The second-order valence-corrected chi connectivity index (χ2v) is 5.08. The predicted molar refractivity (Wildman–Crippen MR) is 69.4 cm³/mol. The lowest BCUT2D eigenvalue weighted by Crippen LogP contribution is -2.41. The van der Waals surface area contributed by atoms with Crippen LogP contribution < -0.4 is 10.6 Å². The summed E-state index contributed by atoms with van der Waals surface area (Å²) < 4.78 is 41.1. The van der Waals surface area contributed by atoms with Crippen LogP contribution in [0.3, 0.4) is 0 Å². The summed E-state index contributed by atoms with van der Waals surface area (Å²) in [5.41, 5.74) is 0. The Morgan fingerprint density at radius 2 is 2.10 bits per heavy atom. The largest absolute Gasteiger partial charge is 0.411 e. The highest BCUT2D eigenvalue weighted by atomic mass is 19.4. The number of amides is 1. The minimum atomic E-state index is -4.29. The number of hydrogen-bond acceptors (Lipinski definition) is 3. The maximum Gasteiger partial charge on any atom is 0.411 e. The second kappa shape index (κ2) is 8.46. The molecule has 0 aromatic carbocycles. The van der Waals surface area contributed by atoms with E-state index in [1.807, 2.05) is 6.92 Å². The quantitative estimate of drug-likeness (QED) is 0.706. The van der Waals surface area contributed by atoms with E-state index in [2.05, 4.69) is 10.6 Å². The fourth-order valence-corrected chi connectivity index (χ4v) is 2.32.